The maximum absolute atomic E-state index is 15.1. The number of carbonyl (C=O) groups excluding carboxylic acids is 2. The number of nitrogens with zero attached hydrogens (tertiary/aromatic N) is 13. The van der Waals surface area contributed by atoms with Gasteiger partial charge in [-0.3, -0.25) is 24.4 Å². The Balaban J connectivity index is 0.000000134. The second-order valence-corrected chi connectivity index (χ2v) is 34.6. The van der Waals surface area contributed by atoms with Gasteiger partial charge in [0, 0.05) is 189 Å². The molecule has 8 aromatic heterocycles. The number of nitrogens with one attached hydrogen (secondary N) is 5. The number of amides is 1. The van der Waals surface area contributed by atoms with Gasteiger partial charge in [-0.25, -0.2) is 62.2 Å². The summed E-state index contributed by atoms with van der Waals surface area (Å²) in [6.07, 6.45) is 5.22. The summed E-state index contributed by atoms with van der Waals surface area (Å²) in [5.74, 6) is 4.16. The Kier molecular flexibility index (Phi) is 30.7. The summed E-state index contributed by atoms with van der Waals surface area (Å²) in [5.41, 5.74) is 8.16. The van der Waals surface area contributed by atoms with Gasteiger partial charge >= 0.3 is 6.09 Å². The Labute approximate surface area is 796 Å². The number of aromatic amines is 4. The van der Waals surface area contributed by atoms with Crippen LogP contribution in [0.1, 0.15) is 50.5 Å². The predicted molar refractivity (Wildman–Crippen MR) is 516 cm³/mol. The summed E-state index contributed by atoms with van der Waals surface area (Å²) in [6.45, 7) is 29.5. The third-order valence-electron chi connectivity index (χ3n) is 23.2. The van der Waals surface area contributed by atoms with Crippen LogP contribution in [-0.2, 0) is 9.53 Å². The SMILES string of the molecule is COc1cc2c(Oc3ccc4[nH]c(C)cc4c3F)ncnc2cc1OCCCl.COc1cc2c(Oc3ccc4[nH]c(C)cc4c3F)ncnc2cc1OCCN1CCN(C(=O)OC(C)(C)C)CC1.COc1cc2c(Oc3ccc4[nH]c(C)cc4c3F)ncnc2cc1OCCN1CCN(CC(C)=O)CC1.COc1cc2c(Oc3ccc4[nH]c(C)cc4c3F)ncnc2cc1OCCN1CCNCC1. The molecule has 0 atom stereocenters. The van der Waals surface area contributed by atoms with Crippen molar-refractivity contribution in [1.82, 2.24) is 89.6 Å². The Hall–Kier alpha value is -14.4. The number of carbonyl (C=O) groups is 2. The van der Waals surface area contributed by atoms with Gasteiger partial charge in [0.1, 0.15) is 63.1 Å². The zero-order valence-corrected chi connectivity index (χ0v) is 79.3. The molecule has 0 radical (unpaired) electrons. The van der Waals surface area contributed by atoms with Crippen LogP contribution in [-0.4, -0.2) is 267 Å². The van der Waals surface area contributed by atoms with E-state index in [0.29, 0.717) is 192 Å². The molecular formula is C100H107ClF4N18O15. The standard InChI is InChI=1S/C29H34FN5O5.C27H30FN5O4.C24H26FN5O3.C20H17ClFN3O3/c1-18-14-19-21(33-18)6-7-23(26(19)30)39-27-20-15-24(37-5)25(16-22(20)31-17-32-27)38-13-12-34-8-10-35(11-9-34)28(36)40-29(2,3)4;1-17-12-19-21(31-17)4-5-23(26(19)28)37-27-20-13-24(35-3)25(14-22(20)29-16-30-27)36-11-10-32-6-8-33(9-7-32)15-18(2)34;1-15-11-16-18(29-15)3-4-20(23(16)25)33-24-17-12-21(31-2)22(13-19(17)27-14-28-24)32-10-9-30-7-5-26-6-8-30;1-11-7-12-14(25-11)3-4-16(19(12)22)28-20-13-8-17(26-2)18(27-6-5-21)9-15(13)23-10-24-20/h6-7,14-17,33H,8-13H2,1-5H3;4-5,12-14,16,31H,6-11,15H2,1-3H3;3-4,11-14,26,29H,5-10H2,1-2H3;3-4,7-10,25H,5-6H2,1-2H3. The molecule has 38 heteroatoms. The second kappa shape index (κ2) is 43.8. The number of ether oxygens (including phenoxy) is 13. The quantitative estimate of drug-likeness (QED) is 0.0215. The second-order valence-electron chi connectivity index (χ2n) is 34.2. The highest BCUT2D eigenvalue weighted by molar-refractivity contribution is 6.18. The van der Waals surface area contributed by atoms with Gasteiger partial charge in [0.25, 0.3) is 0 Å². The summed E-state index contributed by atoms with van der Waals surface area (Å²) in [6, 6.07) is 34.4. The van der Waals surface area contributed by atoms with Gasteiger partial charge in [-0.05, 0) is 152 Å². The lowest BCUT2D eigenvalue weighted by molar-refractivity contribution is -0.118. The number of ketones is 1. The fourth-order valence-corrected chi connectivity index (χ4v) is 16.4. The monoisotopic (exact) mass is 1910 g/mol. The molecule has 33 nitrogen and oxygen atoms in total. The first-order valence-corrected chi connectivity index (χ1v) is 45.6. The van der Waals surface area contributed by atoms with E-state index in [1.54, 1.807) is 154 Å². The van der Waals surface area contributed by atoms with Crippen molar-refractivity contribution in [2.45, 2.75) is 61.0 Å². The minimum atomic E-state index is -0.509. The van der Waals surface area contributed by atoms with Crippen LogP contribution in [0.5, 0.6) is 92.5 Å². The molecule has 0 aliphatic carbocycles. The first-order chi connectivity index (χ1) is 66.7. The van der Waals surface area contributed by atoms with Crippen molar-refractivity contribution in [2.24, 2.45) is 0 Å². The van der Waals surface area contributed by atoms with Crippen molar-refractivity contribution in [3.63, 3.8) is 0 Å². The van der Waals surface area contributed by atoms with Crippen molar-refractivity contribution < 1.29 is 88.7 Å². The number of benzene rings is 8. The number of aromatic nitrogens is 12. The van der Waals surface area contributed by atoms with Crippen molar-refractivity contribution in [3.05, 3.63) is 193 Å². The van der Waals surface area contributed by atoms with Crippen LogP contribution in [0.2, 0.25) is 0 Å². The number of H-pyrrole nitrogens is 4. The summed E-state index contributed by atoms with van der Waals surface area (Å²) in [7, 11) is 6.22. The van der Waals surface area contributed by atoms with E-state index in [0.717, 1.165) is 101 Å². The number of methoxy groups -OCH3 is 4. The van der Waals surface area contributed by atoms with E-state index in [9.17, 15) is 14.0 Å². The molecule has 3 aliphatic heterocycles. The molecule has 5 N–H and O–H groups in total. The van der Waals surface area contributed by atoms with Gasteiger partial charge in [-0.15, -0.1) is 11.6 Å². The van der Waals surface area contributed by atoms with Crippen LogP contribution in [0.3, 0.4) is 0 Å². The van der Waals surface area contributed by atoms with Gasteiger partial charge in [0.15, 0.2) is 92.3 Å². The van der Waals surface area contributed by atoms with E-state index < -0.39 is 28.9 Å². The molecule has 16 aromatic rings. The zero-order chi connectivity index (χ0) is 96.8. The van der Waals surface area contributed by atoms with E-state index in [4.69, 9.17) is 73.2 Å². The molecule has 1 amide bonds. The van der Waals surface area contributed by atoms with Gasteiger partial charge in [0.2, 0.25) is 23.5 Å². The molecule has 3 aliphatic rings. The molecule has 0 bridgehead atoms. The lowest BCUT2D eigenvalue weighted by Gasteiger charge is -2.35. The van der Waals surface area contributed by atoms with Crippen LogP contribution < -0.4 is 62.2 Å². The van der Waals surface area contributed by atoms with Gasteiger partial charge in [0.05, 0.1) is 84.5 Å². The van der Waals surface area contributed by atoms with Crippen LogP contribution in [0.25, 0.3) is 87.2 Å². The maximum atomic E-state index is 15.1. The molecule has 3 fully saturated rings. The number of alkyl halides is 1. The van der Waals surface area contributed by atoms with Crippen LogP contribution in [0.15, 0.2) is 147 Å². The molecule has 19 rings (SSSR count). The van der Waals surface area contributed by atoms with Crippen LogP contribution in [0.4, 0.5) is 22.4 Å². The average Bonchev–Trinajstić information content (AvgIpc) is 1.08. The van der Waals surface area contributed by atoms with E-state index >= 15 is 13.2 Å². The topological polar surface area (TPSA) is 349 Å². The minimum absolute atomic E-state index is 0.0672. The first kappa shape index (κ1) is 96.7. The Morgan fingerprint density at radius 1 is 0.355 bits per heavy atom. The number of hydrogen-bond acceptors (Lipinski definition) is 28. The number of halogens is 5. The third kappa shape index (κ3) is 23.1. The van der Waals surface area contributed by atoms with Crippen LogP contribution in [0, 0.1) is 51.0 Å². The van der Waals surface area contributed by atoms with E-state index in [1.165, 1.54) is 32.4 Å². The average molecular weight is 1910 g/mol. The van der Waals surface area contributed by atoms with Crippen molar-refractivity contribution in [1.29, 1.82) is 0 Å². The summed E-state index contributed by atoms with van der Waals surface area (Å²) >= 11 is 5.69. The molecule has 11 heterocycles. The largest absolute Gasteiger partial charge is 0.493 e. The molecule has 138 heavy (non-hydrogen) atoms. The summed E-state index contributed by atoms with van der Waals surface area (Å²) in [5, 5.41) is 7.51. The third-order valence-corrected chi connectivity index (χ3v) is 23.3. The van der Waals surface area contributed by atoms with Gasteiger partial charge < -0.3 is 91.7 Å². The first-order valence-electron chi connectivity index (χ1n) is 45.0. The fourth-order valence-electron chi connectivity index (χ4n) is 16.4. The number of hydrogen-bond donors (Lipinski definition) is 5. The van der Waals surface area contributed by atoms with E-state index in [2.05, 4.69) is 84.7 Å². The molecule has 0 spiro atoms. The van der Waals surface area contributed by atoms with Crippen molar-refractivity contribution >= 4 is 111 Å². The smallest absolute Gasteiger partial charge is 0.410 e. The zero-order valence-electron chi connectivity index (χ0n) is 78.5. The molecule has 3 saturated heterocycles. The number of Topliss-reactive ketones (excluding diaryl/α,β-unsaturated/α-hetero) is 1. The van der Waals surface area contributed by atoms with Crippen molar-refractivity contribution in [3.8, 4) is 92.5 Å². The fraction of sp³-hybridized carbons (Fsp3) is 0.340. The Morgan fingerprint density at radius 3 is 0.920 bits per heavy atom. The predicted octanol–water partition coefficient (Wildman–Crippen LogP) is 17.9. The van der Waals surface area contributed by atoms with Crippen LogP contribution >= 0.6 is 11.6 Å². The lowest BCUT2D eigenvalue weighted by Crippen LogP contribution is -2.50. The van der Waals surface area contributed by atoms with Crippen molar-refractivity contribution in [2.75, 3.05) is 165 Å². The number of piperazine rings is 3. The summed E-state index contributed by atoms with van der Waals surface area (Å²) in [4.78, 5) is 81.1. The van der Waals surface area contributed by atoms with E-state index in [1.807, 2.05) is 48.5 Å². The highest BCUT2D eigenvalue weighted by atomic mass is 35.5. The highest BCUT2D eigenvalue weighted by Crippen LogP contribution is 2.44. The maximum Gasteiger partial charge on any atom is 0.410 e. The summed E-state index contributed by atoms with van der Waals surface area (Å²) < 4.78 is 135. The lowest BCUT2D eigenvalue weighted by atomic mass is 10.2. The number of aryl methyl sites for hydroxylation is 4. The molecule has 0 saturated carbocycles. The van der Waals surface area contributed by atoms with Gasteiger partial charge in [-0.1, -0.05) is 0 Å². The Morgan fingerprint density at radius 2 is 0.638 bits per heavy atom. The van der Waals surface area contributed by atoms with Gasteiger partial charge in [-0.2, -0.15) is 0 Å². The minimum Gasteiger partial charge on any atom is -0.493 e. The normalized spacial score (nSPS) is 13.9. The molecule has 722 valence electrons. The number of fused-ring (bicyclic) bond motifs is 8. The molecule has 0 unspecified atom stereocenters. The Bertz CT molecular complexity index is 7060. The van der Waals surface area contributed by atoms with E-state index in [-0.39, 0.29) is 58.4 Å². The number of rotatable bonds is 29. The molecular weight excluding hydrogens is 1800 g/mol. The highest BCUT2D eigenvalue weighted by Gasteiger charge is 2.29. The molecule has 8 aromatic carbocycles.